The first-order valence-corrected chi connectivity index (χ1v) is 7.45. The Morgan fingerprint density at radius 3 is 2.72 bits per heavy atom. The molecule has 0 saturated heterocycles. The fraction of sp³-hybridized carbons (Fsp3) is 0.176. The quantitative estimate of drug-likeness (QED) is 0.831. The summed E-state index contributed by atoms with van der Waals surface area (Å²) >= 11 is 0. The predicted molar refractivity (Wildman–Crippen MR) is 86.1 cm³/mol. The van der Waals surface area contributed by atoms with Crippen LogP contribution in [0.5, 0.6) is 17.2 Å². The zero-order valence-corrected chi connectivity index (χ0v) is 13.1. The van der Waals surface area contributed by atoms with E-state index in [4.69, 9.17) is 14.2 Å². The van der Waals surface area contributed by atoms with Crippen molar-refractivity contribution >= 4 is 17.5 Å². The Labute approximate surface area is 142 Å². The Bertz CT molecular complexity index is 796. The minimum Gasteiger partial charge on any atom is -0.481 e. The number of hydrogen-bond donors (Lipinski definition) is 2. The van der Waals surface area contributed by atoms with Crippen LogP contribution in [0.2, 0.25) is 0 Å². The van der Waals surface area contributed by atoms with Gasteiger partial charge in [-0.05, 0) is 24.3 Å². The van der Waals surface area contributed by atoms with Crippen molar-refractivity contribution in [1.82, 2.24) is 5.32 Å². The highest BCUT2D eigenvalue weighted by Gasteiger charge is 2.14. The molecule has 0 radical (unpaired) electrons. The largest absolute Gasteiger partial charge is 0.481 e. The van der Waals surface area contributed by atoms with E-state index in [-0.39, 0.29) is 19.1 Å². The third kappa shape index (κ3) is 4.37. The number of carbonyl (C=O) groups excluding carboxylic acids is 2. The number of carbonyl (C=O) groups is 2. The summed E-state index contributed by atoms with van der Waals surface area (Å²) in [6, 6.07) is 10.7. The van der Waals surface area contributed by atoms with Crippen molar-refractivity contribution in [2.75, 3.05) is 25.3 Å². The lowest BCUT2D eigenvalue weighted by Gasteiger charge is -2.09. The highest BCUT2D eigenvalue weighted by atomic mass is 19.1. The molecule has 0 fully saturated rings. The molecule has 0 spiro atoms. The number of para-hydroxylation sites is 1. The first-order valence-electron chi connectivity index (χ1n) is 7.45. The summed E-state index contributed by atoms with van der Waals surface area (Å²) in [5.41, 5.74) is 0.520. The minimum atomic E-state index is -0.559. The Balaban J connectivity index is 1.42. The van der Waals surface area contributed by atoms with Gasteiger partial charge in [-0.25, -0.2) is 4.39 Å². The van der Waals surface area contributed by atoms with Crippen LogP contribution in [0.25, 0.3) is 0 Å². The van der Waals surface area contributed by atoms with Gasteiger partial charge in [-0.15, -0.1) is 0 Å². The number of halogens is 1. The molecule has 8 heteroatoms. The zero-order chi connectivity index (χ0) is 17.6. The van der Waals surface area contributed by atoms with Gasteiger partial charge >= 0.3 is 0 Å². The van der Waals surface area contributed by atoms with Gasteiger partial charge in [-0.3, -0.25) is 9.59 Å². The van der Waals surface area contributed by atoms with E-state index < -0.39 is 24.2 Å². The van der Waals surface area contributed by atoms with Gasteiger partial charge < -0.3 is 24.8 Å². The van der Waals surface area contributed by atoms with E-state index in [9.17, 15) is 14.0 Å². The first kappa shape index (κ1) is 16.6. The van der Waals surface area contributed by atoms with Gasteiger partial charge in [0.25, 0.3) is 5.91 Å². The fourth-order valence-corrected chi connectivity index (χ4v) is 2.11. The van der Waals surface area contributed by atoms with E-state index in [0.717, 1.165) is 0 Å². The molecule has 2 aromatic rings. The van der Waals surface area contributed by atoms with E-state index in [1.54, 1.807) is 24.3 Å². The topological polar surface area (TPSA) is 85.9 Å². The van der Waals surface area contributed by atoms with Gasteiger partial charge in [0.1, 0.15) is 0 Å². The van der Waals surface area contributed by atoms with Crippen molar-refractivity contribution in [1.29, 1.82) is 0 Å². The molecular formula is C17H15FN2O5. The smallest absolute Gasteiger partial charge is 0.258 e. The van der Waals surface area contributed by atoms with Crippen LogP contribution in [0, 0.1) is 5.82 Å². The lowest BCUT2D eigenvalue weighted by atomic mass is 10.3. The van der Waals surface area contributed by atoms with E-state index >= 15 is 0 Å². The Morgan fingerprint density at radius 2 is 1.88 bits per heavy atom. The lowest BCUT2D eigenvalue weighted by Crippen LogP contribution is -2.35. The maximum Gasteiger partial charge on any atom is 0.258 e. The summed E-state index contributed by atoms with van der Waals surface area (Å²) in [6.45, 7) is -0.489. The van der Waals surface area contributed by atoms with Gasteiger partial charge in [0.15, 0.2) is 29.7 Å². The highest BCUT2D eigenvalue weighted by molar-refractivity contribution is 5.95. The standard InChI is InChI=1S/C17H15FN2O5/c18-12-3-1-2-4-13(12)23-9-17(22)19-8-16(21)20-11-5-6-14-15(7-11)25-10-24-14/h1-7H,8-10H2,(H,19,22)(H,20,21). The van der Waals surface area contributed by atoms with E-state index in [1.807, 2.05) is 0 Å². The highest BCUT2D eigenvalue weighted by Crippen LogP contribution is 2.34. The minimum absolute atomic E-state index is 0.0255. The lowest BCUT2D eigenvalue weighted by molar-refractivity contribution is -0.125. The second-order valence-corrected chi connectivity index (χ2v) is 5.11. The van der Waals surface area contributed by atoms with Crippen LogP contribution in [0.15, 0.2) is 42.5 Å². The van der Waals surface area contributed by atoms with Crippen molar-refractivity contribution in [3.63, 3.8) is 0 Å². The molecule has 0 saturated carbocycles. The average molecular weight is 346 g/mol. The molecule has 1 heterocycles. The molecule has 3 rings (SSSR count). The monoisotopic (exact) mass is 346 g/mol. The molecule has 0 aliphatic carbocycles. The van der Waals surface area contributed by atoms with Crippen molar-refractivity contribution in [3.8, 4) is 17.2 Å². The summed E-state index contributed by atoms with van der Waals surface area (Å²) in [4.78, 5) is 23.5. The Kier molecular flexibility index (Phi) is 4.98. The summed E-state index contributed by atoms with van der Waals surface area (Å²) in [7, 11) is 0. The summed E-state index contributed by atoms with van der Waals surface area (Å²) in [5, 5.41) is 5.01. The molecule has 0 atom stereocenters. The molecule has 0 unspecified atom stereocenters. The SMILES string of the molecule is O=C(COc1ccccc1F)NCC(=O)Nc1ccc2c(c1)OCO2. The summed E-state index contributed by atoms with van der Waals surface area (Å²) in [6.07, 6.45) is 0. The number of amides is 2. The second kappa shape index (κ2) is 7.52. The van der Waals surface area contributed by atoms with Crippen LogP contribution >= 0.6 is 0 Å². The van der Waals surface area contributed by atoms with Crippen LogP contribution in [-0.4, -0.2) is 31.8 Å². The van der Waals surface area contributed by atoms with Crippen molar-refractivity contribution in [2.24, 2.45) is 0 Å². The summed E-state index contributed by atoms with van der Waals surface area (Å²) in [5.74, 6) is -0.391. The van der Waals surface area contributed by atoms with Crippen LogP contribution < -0.4 is 24.8 Å². The van der Waals surface area contributed by atoms with E-state index in [1.165, 1.54) is 18.2 Å². The fourth-order valence-electron chi connectivity index (χ4n) is 2.11. The number of fused-ring (bicyclic) bond motifs is 1. The van der Waals surface area contributed by atoms with E-state index in [0.29, 0.717) is 17.2 Å². The van der Waals surface area contributed by atoms with Crippen molar-refractivity contribution < 1.29 is 28.2 Å². The first-order chi connectivity index (χ1) is 12.1. The van der Waals surface area contributed by atoms with E-state index in [2.05, 4.69) is 10.6 Å². The molecule has 1 aliphatic heterocycles. The zero-order valence-electron chi connectivity index (χ0n) is 13.1. The predicted octanol–water partition coefficient (Wildman–Crippen LogP) is 1.69. The third-order valence-corrected chi connectivity index (χ3v) is 3.30. The van der Waals surface area contributed by atoms with Gasteiger partial charge in [-0.1, -0.05) is 12.1 Å². The molecule has 130 valence electrons. The molecule has 2 aromatic carbocycles. The molecule has 25 heavy (non-hydrogen) atoms. The van der Waals surface area contributed by atoms with Crippen LogP contribution in [-0.2, 0) is 9.59 Å². The molecule has 2 N–H and O–H groups in total. The Morgan fingerprint density at radius 1 is 1.08 bits per heavy atom. The summed E-state index contributed by atoms with van der Waals surface area (Å²) < 4.78 is 28.8. The molecule has 1 aliphatic rings. The van der Waals surface area contributed by atoms with Gasteiger partial charge in [0, 0.05) is 11.8 Å². The molecular weight excluding hydrogens is 331 g/mol. The maximum atomic E-state index is 13.4. The van der Waals surface area contributed by atoms with Crippen LogP contribution in [0.1, 0.15) is 0 Å². The second-order valence-electron chi connectivity index (χ2n) is 5.11. The number of benzene rings is 2. The van der Waals surface area contributed by atoms with Gasteiger partial charge in [0.05, 0.1) is 6.54 Å². The third-order valence-electron chi connectivity index (χ3n) is 3.30. The molecule has 0 bridgehead atoms. The average Bonchev–Trinajstić information content (AvgIpc) is 3.07. The van der Waals surface area contributed by atoms with Crippen LogP contribution in [0.3, 0.4) is 0 Å². The molecule has 0 aromatic heterocycles. The molecule has 7 nitrogen and oxygen atoms in total. The molecule has 2 amide bonds. The maximum absolute atomic E-state index is 13.4. The van der Waals surface area contributed by atoms with Gasteiger partial charge in [0.2, 0.25) is 12.7 Å². The van der Waals surface area contributed by atoms with Crippen molar-refractivity contribution in [3.05, 3.63) is 48.3 Å². The number of hydrogen-bond acceptors (Lipinski definition) is 5. The van der Waals surface area contributed by atoms with Crippen molar-refractivity contribution in [2.45, 2.75) is 0 Å². The Hall–Kier alpha value is -3.29. The number of ether oxygens (including phenoxy) is 3. The number of anilines is 1. The number of rotatable bonds is 6. The van der Waals surface area contributed by atoms with Crippen LogP contribution in [0.4, 0.5) is 10.1 Å². The normalized spacial score (nSPS) is 11.7. The van der Waals surface area contributed by atoms with Gasteiger partial charge in [-0.2, -0.15) is 0 Å². The number of nitrogens with one attached hydrogen (secondary N) is 2.